The quantitative estimate of drug-likeness (QED) is 0.696. The van der Waals surface area contributed by atoms with E-state index in [4.69, 9.17) is 14.2 Å². The molecule has 1 fully saturated rings. The van der Waals surface area contributed by atoms with Gasteiger partial charge in [-0.2, -0.15) is 0 Å². The molecule has 0 bridgehead atoms. The van der Waals surface area contributed by atoms with Gasteiger partial charge in [-0.15, -0.1) is 0 Å². The third kappa shape index (κ3) is 3.11. The fourth-order valence-corrected chi connectivity index (χ4v) is 2.54. The largest absolute Gasteiger partial charge is 0.452 e. The average Bonchev–Trinajstić information content (AvgIpc) is 2.82. The molecule has 0 spiro atoms. The molecular weight excluding hydrogens is 278 g/mol. The minimum atomic E-state index is -1.45. The Morgan fingerprint density at radius 1 is 1.38 bits per heavy atom. The minimum Gasteiger partial charge on any atom is -0.452 e. The predicted molar refractivity (Wildman–Crippen MR) is 72.7 cm³/mol. The van der Waals surface area contributed by atoms with Crippen molar-refractivity contribution < 1.29 is 29.2 Å². The van der Waals surface area contributed by atoms with Crippen LogP contribution in [-0.4, -0.2) is 58.5 Å². The van der Waals surface area contributed by atoms with E-state index >= 15 is 0 Å². The molecule has 7 heteroatoms. The summed E-state index contributed by atoms with van der Waals surface area (Å²) < 4.78 is 15.9. The van der Waals surface area contributed by atoms with E-state index in [-0.39, 0.29) is 5.69 Å². The highest BCUT2D eigenvalue weighted by molar-refractivity contribution is 5.87. The Kier molecular flexibility index (Phi) is 4.38. The summed E-state index contributed by atoms with van der Waals surface area (Å²) in [5, 5.41) is 19.8. The number of hydrogen-bond acceptors (Lipinski definition) is 6. The van der Waals surface area contributed by atoms with Gasteiger partial charge in [0, 0.05) is 12.8 Å². The van der Waals surface area contributed by atoms with E-state index in [0.29, 0.717) is 0 Å². The van der Waals surface area contributed by atoms with E-state index in [0.717, 1.165) is 5.69 Å². The van der Waals surface area contributed by atoms with Crippen LogP contribution in [0.2, 0.25) is 0 Å². The van der Waals surface area contributed by atoms with Gasteiger partial charge >= 0.3 is 5.97 Å². The third-order valence-corrected chi connectivity index (χ3v) is 3.59. The fourth-order valence-electron chi connectivity index (χ4n) is 2.54. The molecule has 0 unspecified atom stereocenters. The average molecular weight is 299 g/mol. The van der Waals surface area contributed by atoms with Crippen molar-refractivity contribution in [3.63, 3.8) is 0 Å². The number of ether oxygens (including phenoxy) is 3. The molecule has 1 aromatic rings. The van der Waals surface area contributed by atoms with Gasteiger partial charge in [0.2, 0.25) is 0 Å². The number of aliphatic hydroxyl groups excluding tert-OH is 2. The molecule has 0 aliphatic carbocycles. The van der Waals surface area contributed by atoms with Crippen molar-refractivity contribution in [1.29, 1.82) is 0 Å². The summed E-state index contributed by atoms with van der Waals surface area (Å²) in [4.78, 5) is 15.0. The van der Waals surface area contributed by atoms with Crippen LogP contribution in [-0.2, 0) is 14.2 Å². The number of aromatic nitrogens is 1. The first-order valence-corrected chi connectivity index (χ1v) is 6.69. The molecule has 0 saturated carbocycles. The Morgan fingerprint density at radius 2 is 2.05 bits per heavy atom. The summed E-state index contributed by atoms with van der Waals surface area (Å²) in [5.74, 6) is -0.626. The molecule has 1 aromatic heterocycles. The first-order chi connectivity index (χ1) is 9.76. The number of methoxy groups -OCH3 is 1. The molecule has 7 nitrogen and oxygen atoms in total. The van der Waals surface area contributed by atoms with Crippen molar-refractivity contribution >= 4 is 5.97 Å². The summed E-state index contributed by atoms with van der Waals surface area (Å²) in [6.45, 7) is 5.19. The van der Waals surface area contributed by atoms with Crippen molar-refractivity contribution in [3.05, 3.63) is 23.5 Å². The molecule has 0 amide bonds. The number of esters is 1. The predicted octanol–water partition coefficient (Wildman–Crippen LogP) is 0.352. The molecule has 1 saturated heterocycles. The molecular formula is C14H21NO6. The van der Waals surface area contributed by atoms with Gasteiger partial charge in [0.1, 0.15) is 17.9 Å². The normalized spacial score (nSPS) is 31.9. The molecule has 4 atom stereocenters. The van der Waals surface area contributed by atoms with Crippen molar-refractivity contribution in [2.45, 2.75) is 51.0 Å². The highest BCUT2D eigenvalue weighted by Gasteiger charge is 2.51. The molecule has 21 heavy (non-hydrogen) atoms. The molecule has 0 aromatic carbocycles. The lowest BCUT2D eigenvalue weighted by Crippen LogP contribution is -2.63. The number of rotatable bonds is 3. The highest BCUT2D eigenvalue weighted by Crippen LogP contribution is 2.32. The Morgan fingerprint density at radius 3 is 2.57 bits per heavy atom. The van der Waals surface area contributed by atoms with Crippen LogP contribution in [0.5, 0.6) is 0 Å². The second kappa shape index (κ2) is 5.76. The number of nitrogens with one attached hydrogen (secondary N) is 1. The summed E-state index contributed by atoms with van der Waals surface area (Å²) in [6.07, 6.45) is -4.58. The second-order valence-corrected chi connectivity index (χ2v) is 5.68. The van der Waals surface area contributed by atoms with Gasteiger partial charge in [0.25, 0.3) is 0 Å². The number of aryl methyl sites for hydroxylation is 1. The van der Waals surface area contributed by atoms with Crippen LogP contribution < -0.4 is 0 Å². The SMILES string of the molecule is CO[C@@H]1[C@@H](OC(=O)c2ccc(C)[nH]2)[C@@H](O)[C@H](O)OC1(C)C. The fraction of sp³-hybridized carbons (Fsp3) is 0.643. The van der Waals surface area contributed by atoms with Crippen LogP contribution in [0.15, 0.2) is 12.1 Å². The van der Waals surface area contributed by atoms with Gasteiger partial charge in [-0.1, -0.05) is 0 Å². The van der Waals surface area contributed by atoms with Crippen molar-refractivity contribution in [2.24, 2.45) is 0 Å². The van der Waals surface area contributed by atoms with Crippen LogP contribution >= 0.6 is 0 Å². The van der Waals surface area contributed by atoms with E-state index < -0.39 is 36.2 Å². The lowest BCUT2D eigenvalue weighted by atomic mass is 9.89. The van der Waals surface area contributed by atoms with E-state index in [9.17, 15) is 15.0 Å². The van der Waals surface area contributed by atoms with E-state index in [1.807, 2.05) is 6.92 Å². The summed E-state index contributed by atoms with van der Waals surface area (Å²) in [7, 11) is 1.43. The minimum absolute atomic E-state index is 0.272. The first-order valence-electron chi connectivity index (χ1n) is 6.69. The maximum atomic E-state index is 12.1. The summed E-state index contributed by atoms with van der Waals surface area (Å²) in [6, 6.07) is 3.33. The van der Waals surface area contributed by atoms with Crippen molar-refractivity contribution in [3.8, 4) is 0 Å². The van der Waals surface area contributed by atoms with Crippen molar-refractivity contribution in [1.82, 2.24) is 4.98 Å². The van der Waals surface area contributed by atoms with Crippen LogP contribution in [0.4, 0.5) is 0 Å². The number of aliphatic hydroxyl groups is 2. The number of aromatic amines is 1. The number of carbonyl (C=O) groups is 1. The van der Waals surface area contributed by atoms with E-state index in [1.165, 1.54) is 7.11 Å². The number of carbonyl (C=O) groups excluding carboxylic acids is 1. The van der Waals surface area contributed by atoms with Gasteiger partial charge in [0.05, 0.1) is 5.60 Å². The molecule has 2 heterocycles. The maximum Gasteiger partial charge on any atom is 0.355 e. The number of H-pyrrole nitrogens is 1. The van der Waals surface area contributed by atoms with Crippen LogP contribution in [0.3, 0.4) is 0 Å². The monoisotopic (exact) mass is 299 g/mol. The Labute approximate surface area is 122 Å². The molecule has 1 aliphatic heterocycles. The second-order valence-electron chi connectivity index (χ2n) is 5.68. The zero-order valence-corrected chi connectivity index (χ0v) is 12.5. The third-order valence-electron chi connectivity index (χ3n) is 3.59. The molecule has 0 radical (unpaired) electrons. The molecule has 3 N–H and O–H groups in total. The van der Waals surface area contributed by atoms with Gasteiger partial charge in [0.15, 0.2) is 12.4 Å². The summed E-state index contributed by atoms with van der Waals surface area (Å²) >= 11 is 0. The zero-order chi connectivity index (χ0) is 15.8. The molecule has 1 aliphatic rings. The van der Waals surface area contributed by atoms with Gasteiger partial charge < -0.3 is 29.4 Å². The summed E-state index contributed by atoms with van der Waals surface area (Å²) in [5.41, 5.74) is 0.177. The van der Waals surface area contributed by atoms with Gasteiger partial charge in [-0.3, -0.25) is 0 Å². The van der Waals surface area contributed by atoms with E-state index in [2.05, 4.69) is 4.98 Å². The van der Waals surface area contributed by atoms with Gasteiger partial charge in [-0.25, -0.2) is 4.79 Å². The standard InChI is InChI=1S/C14H21NO6/c1-7-5-6-8(15-7)12(17)20-10-9(16)13(18)21-14(2,3)11(10)19-4/h5-6,9-11,13,15-16,18H,1-4H3/t9-,10+,11-,13-/m1/s1. The van der Waals surface area contributed by atoms with Crippen LogP contribution in [0, 0.1) is 6.92 Å². The lowest BCUT2D eigenvalue weighted by molar-refractivity contribution is -0.313. The van der Waals surface area contributed by atoms with Crippen molar-refractivity contribution in [2.75, 3.05) is 7.11 Å². The van der Waals surface area contributed by atoms with Crippen LogP contribution in [0.1, 0.15) is 30.0 Å². The van der Waals surface area contributed by atoms with Gasteiger partial charge in [-0.05, 0) is 32.9 Å². The highest BCUT2D eigenvalue weighted by atomic mass is 16.7. The number of hydrogen-bond donors (Lipinski definition) is 3. The molecule has 118 valence electrons. The Bertz CT molecular complexity index is 511. The topological polar surface area (TPSA) is 101 Å². The maximum absolute atomic E-state index is 12.1. The van der Waals surface area contributed by atoms with Crippen LogP contribution in [0.25, 0.3) is 0 Å². The Balaban J connectivity index is 2.20. The molecule has 2 rings (SSSR count). The van der Waals surface area contributed by atoms with E-state index in [1.54, 1.807) is 26.0 Å². The first kappa shape index (κ1) is 16.0. The zero-order valence-electron chi connectivity index (χ0n) is 12.5. The Hall–Kier alpha value is -1.41. The lowest BCUT2D eigenvalue weighted by Gasteiger charge is -2.46. The smallest absolute Gasteiger partial charge is 0.355 e.